The molecule has 1 aromatic heterocycles. The van der Waals surface area contributed by atoms with E-state index in [1.165, 1.54) is 0 Å². The molecule has 7 heteroatoms. The molecule has 1 aliphatic rings. The van der Waals surface area contributed by atoms with E-state index in [0.29, 0.717) is 53.4 Å². The Morgan fingerprint density at radius 1 is 0.814 bits per heavy atom. The Bertz CT molecular complexity index is 1880. The van der Waals surface area contributed by atoms with Crippen LogP contribution in [0.2, 0.25) is 0 Å². The van der Waals surface area contributed by atoms with Gasteiger partial charge in [0.15, 0.2) is 16.9 Å². The molecule has 0 saturated carbocycles. The number of amides is 1. The van der Waals surface area contributed by atoms with E-state index in [4.69, 9.17) is 18.6 Å². The van der Waals surface area contributed by atoms with Crippen molar-refractivity contribution < 1.29 is 23.4 Å². The van der Waals surface area contributed by atoms with Gasteiger partial charge in [-0.1, -0.05) is 54.6 Å². The molecule has 0 radical (unpaired) electrons. The molecule has 4 aromatic carbocycles. The smallest absolute Gasteiger partial charge is 0.290 e. The van der Waals surface area contributed by atoms with Crippen molar-refractivity contribution in [1.82, 2.24) is 4.90 Å². The quantitative estimate of drug-likeness (QED) is 0.193. The topological polar surface area (TPSA) is 78.2 Å². The van der Waals surface area contributed by atoms with Gasteiger partial charge >= 0.3 is 0 Å². The zero-order valence-electron chi connectivity index (χ0n) is 24.7. The number of ether oxygens (including phenoxy) is 3. The number of hydrogen-bond acceptors (Lipinski definition) is 6. The third-order valence-corrected chi connectivity index (χ3v) is 7.92. The van der Waals surface area contributed by atoms with Crippen LogP contribution < -0.4 is 19.6 Å². The zero-order valence-corrected chi connectivity index (χ0v) is 24.7. The molecule has 1 unspecified atom stereocenters. The molecule has 0 N–H and O–H groups in total. The van der Waals surface area contributed by atoms with E-state index in [9.17, 15) is 9.59 Å². The molecule has 2 heterocycles. The molecule has 0 spiro atoms. The van der Waals surface area contributed by atoms with Crippen molar-refractivity contribution in [3.8, 4) is 17.2 Å². The molecule has 1 amide bonds. The number of aryl methyl sites for hydroxylation is 2. The van der Waals surface area contributed by atoms with Crippen LogP contribution in [0.1, 0.15) is 50.0 Å². The van der Waals surface area contributed by atoms with E-state index >= 15 is 0 Å². The molecule has 0 bridgehead atoms. The second-order valence-corrected chi connectivity index (χ2v) is 10.8. The summed E-state index contributed by atoms with van der Waals surface area (Å²) in [5.74, 6) is 1.68. The Balaban J connectivity index is 1.41. The highest BCUT2D eigenvalue weighted by Crippen LogP contribution is 2.40. The van der Waals surface area contributed by atoms with Crippen molar-refractivity contribution in [3.63, 3.8) is 0 Å². The molecule has 1 aliphatic heterocycles. The van der Waals surface area contributed by atoms with Gasteiger partial charge in [0, 0.05) is 6.54 Å². The number of fused-ring (bicyclic) bond motifs is 2. The standard InChI is InChI=1S/C36H33NO6/c1-22-17-23(2)31-30(18-22)43-35-32(34(31)38)33(26-11-8-12-27(20-26)42-21-25-9-6-5-7-10-25)37(36(35)39)16-15-24-13-14-28(40-3)29(19-24)41-4/h5-14,17-20,33H,15-16,21H2,1-4H3. The molecule has 0 fully saturated rings. The van der Waals surface area contributed by atoms with Crippen molar-refractivity contribution in [2.24, 2.45) is 0 Å². The Labute approximate surface area is 250 Å². The first kappa shape index (κ1) is 28.1. The maximum atomic E-state index is 14.2. The van der Waals surface area contributed by atoms with Crippen LogP contribution in [-0.4, -0.2) is 31.6 Å². The van der Waals surface area contributed by atoms with Crippen LogP contribution in [0, 0.1) is 13.8 Å². The van der Waals surface area contributed by atoms with Crippen LogP contribution in [0.25, 0.3) is 11.0 Å². The largest absolute Gasteiger partial charge is 0.493 e. The van der Waals surface area contributed by atoms with Gasteiger partial charge in [0.05, 0.1) is 31.2 Å². The number of carbonyl (C=O) groups is 1. The Morgan fingerprint density at radius 2 is 1.60 bits per heavy atom. The molecular formula is C36H33NO6. The predicted octanol–water partition coefficient (Wildman–Crippen LogP) is 6.79. The van der Waals surface area contributed by atoms with Crippen LogP contribution in [0.4, 0.5) is 0 Å². The van der Waals surface area contributed by atoms with Gasteiger partial charge in [0.2, 0.25) is 5.76 Å². The lowest BCUT2D eigenvalue weighted by Crippen LogP contribution is -2.31. The first-order chi connectivity index (χ1) is 20.9. The highest BCUT2D eigenvalue weighted by molar-refractivity contribution is 5.99. The van der Waals surface area contributed by atoms with Crippen molar-refractivity contribution in [1.29, 1.82) is 0 Å². The van der Waals surface area contributed by atoms with Crippen LogP contribution in [0.3, 0.4) is 0 Å². The molecule has 6 rings (SSSR count). The molecular weight excluding hydrogens is 542 g/mol. The molecule has 5 aromatic rings. The van der Waals surface area contributed by atoms with Crippen LogP contribution in [-0.2, 0) is 13.0 Å². The lowest BCUT2D eigenvalue weighted by Gasteiger charge is -2.25. The van der Waals surface area contributed by atoms with Crippen LogP contribution in [0.15, 0.2) is 94.1 Å². The molecule has 43 heavy (non-hydrogen) atoms. The number of nitrogens with zero attached hydrogens (tertiary/aromatic N) is 1. The van der Waals surface area contributed by atoms with E-state index in [2.05, 4.69) is 0 Å². The highest BCUT2D eigenvalue weighted by Gasteiger charge is 2.42. The maximum absolute atomic E-state index is 14.2. The van der Waals surface area contributed by atoms with Gasteiger partial charge in [0.25, 0.3) is 5.91 Å². The average molecular weight is 576 g/mol. The first-order valence-electron chi connectivity index (χ1n) is 14.2. The van der Waals surface area contributed by atoms with Crippen molar-refractivity contribution in [2.45, 2.75) is 32.9 Å². The third kappa shape index (κ3) is 5.34. The summed E-state index contributed by atoms with van der Waals surface area (Å²) < 4.78 is 23.2. The number of hydrogen-bond donors (Lipinski definition) is 0. The molecule has 7 nitrogen and oxygen atoms in total. The molecule has 0 saturated heterocycles. The van der Waals surface area contributed by atoms with Crippen molar-refractivity contribution in [2.75, 3.05) is 20.8 Å². The minimum Gasteiger partial charge on any atom is -0.493 e. The molecule has 0 aliphatic carbocycles. The van der Waals surface area contributed by atoms with E-state index in [1.807, 2.05) is 98.8 Å². The lowest BCUT2D eigenvalue weighted by atomic mass is 9.96. The van der Waals surface area contributed by atoms with Crippen LogP contribution >= 0.6 is 0 Å². The second kappa shape index (κ2) is 11.7. The normalized spacial score (nSPS) is 14.2. The van der Waals surface area contributed by atoms with Gasteiger partial charge in [-0.3, -0.25) is 9.59 Å². The minimum absolute atomic E-state index is 0.0930. The van der Waals surface area contributed by atoms with Gasteiger partial charge < -0.3 is 23.5 Å². The first-order valence-corrected chi connectivity index (χ1v) is 14.2. The van der Waals surface area contributed by atoms with Gasteiger partial charge in [-0.2, -0.15) is 0 Å². The Kier molecular flexibility index (Phi) is 7.63. The van der Waals surface area contributed by atoms with E-state index in [1.54, 1.807) is 19.1 Å². The van der Waals surface area contributed by atoms with Gasteiger partial charge in [-0.15, -0.1) is 0 Å². The lowest BCUT2D eigenvalue weighted by molar-refractivity contribution is 0.0729. The predicted molar refractivity (Wildman–Crippen MR) is 165 cm³/mol. The number of methoxy groups -OCH3 is 2. The second-order valence-electron chi connectivity index (χ2n) is 10.8. The summed E-state index contributed by atoms with van der Waals surface area (Å²) in [7, 11) is 3.19. The average Bonchev–Trinajstić information content (AvgIpc) is 3.30. The van der Waals surface area contributed by atoms with Gasteiger partial charge in [-0.25, -0.2) is 0 Å². The highest BCUT2D eigenvalue weighted by atomic mass is 16.5. The maximum Gasteiger partial charge on any atom is 0.290 e. The fourth-order valence-electron chi connectivity index (χ4n) is 5.89. The Morgan fingerprint density at radius 3 is 2.37 bits per heavy atom. The number of carbonyl (C=O) groups excluding carboxylic acids is 1. The fourth-order valence-corrected chi connectivity index (χ4v) is 5.89. The number of benzene rings is 4. The monoisotopic (exact) mass is 575 g/mol. The van der Waals surface area contributed by atoms with E-state index in [0.717, 1.165) is 27.8 Å². The fraction of sp³-hybridized carbons (Fsp3) is 0.222. The van der Waals surface area contributed by atoms with Gasteiger partial charge in [-0.05, 0) is 78.4 Å². The number of rotatable bonds is 9. The summed E-state index contributed by atoms with van der Waals surface area (Å²) in [6.07, 6.45) is 0.534. The summed E-state index contributed by atoms with van der Waals surface area (Å²) in [6, 6.07) is 26.4. The summed E-state index contributed by atoms with van der Waals surface area (Å²) >= 11 is 0. The Hall–Kier alpha value is -5.04. The summed E-state index contributed by atoms with van der Waals surface area (Å²) in [4.78, 5) is 29.9. The zero-order chi connectivity index (χ0) is 30.1. The van der Waals surface area contributed by atoms with E-state index in [-0.39, 0.29) is 17.1 Å². The third-order valence-electron chi connectivity index (χ3n) is 7.92. The summed E-state index contributed by atoms with van der Waals surface area (Å²) in [5, 5.41) is 0.500. The minimum atomic E-state index is -0.635. The summed E-state index contributed by atoms with van der Waals surface area (Å²) in [5.41, 5.74) is 5.18. The van der Waals surface area contributed by atoms with Gasteiger partial charge in [0.1, 0.15) is 17.9 Å². The van der Waals surface area contributed by atoms with Crippen molar-refractivity contribution >= 4 is 16.9 Å². The SMILES string of the molecule is COc1ccc(CCN2C(=O)c3oc4cc(C)cc(C)c4c(=O)c3C2c2cccc(OCc3ccccc3)c2)cc1OC. The summed E-state index contributed by atoms with van der Waals surface area (Å²) in [6.45, 7) is 4.60. The van der Waals surface area contributed by atoms with Crippen molar-refractivity contribution in [3.05, 3.63) is 134 Å². The van der Waals surface area contributed by atoms with Crippen LogP contribution in [0.5, 0.6) is 17.2 Å². The molecule has 218 valence electrons. The van der Waals surface area contributed by atoms with E-state index < -0.39 is 6.04 Å². The molecule has 1 atom stereocenters.